The summed E-state index contributed by atoms with van der Waals surface area (Å²) in [5.41, 5.74) is 2.38. The second-order valence-corrected chi connectivity index (χ2v) is 7.61. The first kappa shape index (κ1) is 14.8. The van der Waals surface area contributed by atoms with Crippen molar-refractivity contribution < 1.29 is 0 Å². The van der Waals surface area contributed by atoms with Crippen LogP contribution in [0.1, 0.15) is 31.7 Å². The van der Waals surface area contributed by atoms with Gasteiger partial charge in [0.1, 0.15) is 5.84 Å². The Hall–Kier alpha value is -1.74. The molecular weight excluding hydrogens is 300 g/mol. The van der Waals surface area contributed by atoms with Gasteiger partial charge in [-0.3, -0.25) is 0 Å². The van der Waals surface area contributed by atoms with Crippen LogP contribution in [0.5, 0.6) is 0 Å². The SMILES string of the molecule is CC1CCCN(C2=Nc3ccccc3Sc3ccccc32)CC1. The average Bonchev–Trinajstić information content (AvgIpc) is 2.88. The van der Waals surface area contributed by atoms with E-state index in [1.54, 1.807) is 0 Å². The average molecular weight is 322 g/mol. The van der Waals surface area contributed by atoms with E-state index < -0.39 is 0 Å². The molecule has 4 rings (SSSR count). The Morgan fingerprint density at radius 2 is 1.74 bits per heavy atom. The molecule has 2 aliphatic rings. The number of aliphatic imine (C=N–C) groups is 1. The summed E-state index contributed by atoms with van der Waals surface area (Å²) < 4.78 is 0. The van der Waals surface area contributed by atoms with Crippen molar-refractivity contribution in [1.82, 2.24) is 4.90 Å². The van der Waals surface area contributed by atoms with Crippen LogP contribution in [0.15, 0.2) is 63.3 Å². The summed E-state index contributed by atoms with van der Waals surface area (Å²) in [5, 5.41) is 0. The molecule has 1 atom stereocenters. The molecule has 1 saturated heterocycles. The zero-order valence-electron chi connectivity index (χ0n) is 13.5. The molecule has 0 spiro atoms. The van der Waals surface area contributed by atoms with E-state index in [-0.39, 0.29) is 0 Å². The van der Waals surface area contributed by atoms with Crippen molar-refractivity contribution in [3.63, 3.8) is 0 Å². The van der Waals surface area contributed by atoms with Gasteiger partial charge in [-0.25, -0.2) is 4.99 Å². The van der Waals surface area contributed by atoms with Gasteiger partial charge in [0, 0.05) is 28.4 Å². The molecule has 0 N–H and O–H groups in total. The summed E-state index contributed by atoms with van der Waals surface area (Å²) in [6, 6.07) is 17.2. The van der Waals surface area contributed by atoms with Crippen molar-refractivity contribution >= 4 is 23.3 Å². The zero-order valence-corrected chi connectivity index (χ0v) is 14.4. The normalized spacial score (nSPS) is 20.8. The van der Waals surface area contributed by atoms with Gasteiger partial charge in [0.05, 0.1) is 5.69 Å². The molecule has 0 saturated carbocycles. The number of likely N-dealkylation sites (tertiary alicyclic amines) is 1. The fraction of sp³-hybridized carbons (Fsp3) is 0.350. The highest BCUT2D eigenvalue weighted by Gasteiger charge is 2.23. The number of hydrogen-bond acceptors (Lipinski definition) is 3. The first-order chi connectivity index (χ1) is 11.3. The fourth-order valence-corrected chi connectivity index (χ4v) is 4.40. The molecule has 2 heterocycles. The van der Waals surface area contributed by atoms with E-state index in [1.165, 1.54) is 34.6 Å². The molecule has 0 aromatic heterocycles. The van der Waals surface area contributed by atoms with Crippen LogP contribution in [-0.2, 0) is 0 Å². The highest BCUT2D eigenvalue weighted by Crippen LogP contribution is 2.40. The van der Waals surface area contributed by atoms with Crippen molar-refractivity contribution in [3.05, 3.63) is 54.1 Å². The van der Waals surface area contributed by atoms with Gasteiger partial charge in [-0.05, 0) is 43.4 Å². The van der Waals surface area contributed by atoms with Gasteiger partial charge in [0.25, 0.3) is 0 Å². The van der Waals surface area contributed by atoms with E-state index >= 15 is 0 Å². The lowest BCUT2D eigenvalue weighted by atomic mass is 10.0. The molecule has 0 radical (unpaired) electrons. The zero-order chi connectivity index (χ0) is 15.6. The van der Waals surface area contributed by atoms with Crippen LogP contribution < -0.4 is 0 Å². The van der Waals surface area contributed by atoms with Crippen LogP contribution in [0.3, 0.4) is 0 Å². The standard InChI is InChI=1S/C20H22N2S/c1-15-7-6-13-22(14-12-15)20-16-8-2-4-10-18(16)23-19-11-5-3-9-17(19)21-20/h2-5,8-11,15H,6-7,12-14H2,1H3. The summed E-state index contributed by atoms with van der Waals surface area (Å²) in [7, 11) is 0. The lowest BCUT2D eigenvalue weighted by Gasteiger charge is -2.25. The smallest absolute Gasteiger partial charge is 0.137 e. The summed E-state index contributed by atoms with van der Waals surface area (Å²) >= 11 is 1.84. The van der Waals surface area contributed by atoms with E-state index in [2.05, 4.69) is 60.4 Å². The Morgan fingerprint density at radius 3 is 2.65 bits per heavy atom. The van der Waals surface area contributed by atoms with E-state index in [0.717, 1.165) is 30.5 Å². The van der Waals surface area contributed by atoms with E-state index in [4.69, 9.17) is 4.99 Å². The predicted molar refractivity (Wildman–Crippen MR) is 97.8 cm³/mol. The number of benzene rings is 2. The minimum atomic E-state index is 0.822. The van der Waals surface area contributed by atoms with Gasteiger partial charge in [-0.2, -0.15) is 0 Å². The van der Waals surface area contributed by atoms with Crippen molar-refractivity contribution in [3.8, 4) is 0 Å². The van der Waals surface area contributed by atoms with Crippen molar-refractivity contribution in [1.29, 1.82) is 0 Å². The molecule has 118 valence electrons. The van der Waals surface area contributed by atoms with Gasteiger partial charge in [-0.1, -0.05) is 49.0 Å². The van der Waals surface area contributed by atoms with E-state index in [1.807, 2.05) is 11.8 Å². The number of hydrogen-bond donors (Lipinski definition) is 0. The van der Waals surface area contributed by atoms with Gasteiger partial charge < -0.3 is 4.90 Å². The predicted octanol–water partition coefficient (Wildman–Crippen LogP) is 5.35. The Bertz CT molecular complexity index is 738. The van der Waals surface area contributed by atoms with Gasteiger partial charge in [0.15, 0.2) is 0 Å². The van der Waals surface area contributed by atoms with Crippen LogP contribution in [0.25, 0.3) is 0 Å². The third-order valence-corrected chi connectivity index (χ3v) is 5.90. The van der Waals surface area contributed by atoms with Gasteiger partial charge in [0.2, 0.25) is 0 Å². The molecule has 0 bridgehead atoms. The first-order valence-corrected chi connectivity index (χ1v) is 9.33. The van der Waals surface area contributed by atoms with Crippen LogP contribution in [0.2, 0.25) is 0 Å². The van der Waals surface area contributed by atoms with Crippen LogP contribution in [-0.4, -0.2) is 23.8 Å². The number of amidine groups is 1. The molecule has 0 amide bonds. The molecule has 3 heteroatoms. The quantitative estimate of drug-likeness (QED) is 0.649. The second kappa shape index (κ2) is 6.40. The van der Waals surface area contributed by atoms with E-state index in [0.29, 0.717) is 0 Å². The Morgan fingerprint density at radius 1 is 0.957 bits per heavy atom. The van der Waals surface area contributed by atoms with Crippen molar-refractivity contribution in [2.75, 3.05) is 13.1 Å². The maximum atomic E-state index is 5.09. The number of fused-ring (bicyclic) bond motifs is 2. The Balaban J connectivity index is 1.81. The fourth-order valence-electron chi connectivity index (χ4n) is 3.38. The summed E-state index contributed by atoms with van der Waals surface area (Å²) in [5.74, 6) is 1.98. The van der Waals surface area contributed by atoms with Gasteiger partial charge >= 0.3 is 0 Å². The first-order valence-electron chi connectivity index (χ1n) is 8.51. The van der Waals surface area contributed by atoms with Crippen molar-refractivity contribution in [2.24, 2.45) is 10.9 Å². The number of para-hydroxylation sites is 1. The minimum absolute atomic E-state index is 0.822. The molecule has 0 aliphatic carbocycles. The number of rotatable bonds is 0. The molecule has 2 nitrogen and oxygen atoms in total. The third-order valence-electron chi connectivity index (χ3n) is 4.76. The maximum Gasteiger partial charge on any atom is 0.137 e. The molecule has 1 fully saturated rings. The molecular formula is C20H22N2S. The van der Waals surface area contributed by atoms with Crippen LogP contribution in [0, 0.1) is 5.92 Å². The molecule has 2 aromatic rings. The molecule has 23 heavy (non-hydrogen) atoms. The Labute approximate surface area is 142 Å². The third kappa shape index (κ3) is 3.02. The lowest BCUT2D eigenvalue weighted by molar-refractivity contribution is 0.425. The summed E-state index contributed by atoms with van der Waals surface area (Å²) in [4.78, 5) is 10.2. The van der Waals surface area contributed by atoms with E-state index in [9.17, 15) is 0 Å². The highest BCUT2D eigenvalue weighted by atomic mass is 32.2. The van der Waals surface area contributed by atoms with Crippen LogP contribution >= 0.6 is 11.8 Å². The largest absolute Gasteiger partial charge is 0.356 e. The summed E-state index contributed by atoms with van der Waals surface area (Å²) in [6.07, 6.45) is 3.85. The minimum Gasteiger partial charge on any atom is -0.356 e. The lowest BCUT2D eigenvalue weighted by Crippen LogP contribution is -2.32. The summed E-state index contributed by atoms with van der Waals surface area (Å²) in [6.45, 7) is 4.60. The number of nitrogens with zero attached hydrogens (tertiary/aromatic N) is 2. The molecule has 1 unspecified atom stereocenters. The maximum absolute atomic E-state index is 5.09. The van der Waals surface area contributed by atoms with Gasteiger partial charge in [-0.15, -0.1) is 0 Å². The second-order valence-electron chi connectivity index (χ2n) is 6.52. The Kier molecular flexibility index (Phi) is 4.13. The highest BCUT2D eigenvalue weighted by molar-refractivity contribution is 7.99. The van der Waals surface area contributed by atoms with Crippen LogP contribution in [0.4, 0.5) is 5.69 Å². The molecule has 2 aromatic carbocycles. The van der Waals surface area contributed by atoms with Crippen molar-refractivity contribution in [2.45, 2.75) is 36.0 Å². The molecule has 2 aliphatic heterocycles. The monoisotopic (exact) mass is 322 g/mol. The topological polar surface area (TPSA) is 15.6 Å².